The van der Waals surface area contributed by atoms with Gasteiger partial charge in [-0.05, 0) is 62.4 Å². The number of alkyl halides is 1. The van der Waals surface area contributed by atoms with E-state index >= 15 is 0 Å². The number of piperidine rings is 1. The van der Waals surface area contributed by atoms with Crippen molar-refractivity contribution < 1.29 is 4.39 Å². The Kier molecular flexibility index (Phi) is 3.59. The van der Waals surface area contributed by atoms with Crippen LogP contribution in [0.4, 0.5) is 4.39 Å². The van der Waals surface area contributed by atoms with E-state index < -0.39 is 6.17 Å². The Balaban J connectivity index is 2.19. The zero-order valence-corrected chi connectivity index (χ0v) is 10.1. The standard InChI is InChI=1S/C14H20FN/c1-10-4-3-5-13(11(10)2)14(15)12-6-8-16-9-7-12/h3-5,12,14,16H,6-9H2,1-2H3. The van der Waals surface area contributed by atoms with Gasteiger partial charge in [0.25, 0.3) is 0 Å². The topological polar surface area (TPSA) is 12.0 Å². The van der Waals surface area contributed by atoms with Crippen LogP contribution < -0.4 is 5.32 Å². The van der Waals surface area contributed by atoms with Crippen molar-refractivity contribution in [2.24, 2.45) is 5.92 Å². The van der Waals surface area contributed by atoms with Gasteiger partial charge in [0.05, 0.1) is 0 Å². The predicted octanol–water partition coefficient (Wildman–Crippen LogP) is 3.31. The lowest BCUT2D eigenvalue weighted by molar-refractivity contribution is 0.189. The first kappa shape index (κ1) is 11.6. The minimum Gasteiger partial charge on any atom is -0.317 e. The maximum absolute atomic E-state index is 14.4. The number of halogens is 1. The SMILES string of the molecule is Cc1cccc(C(F)C2CCNCC2)c1C. The van der Waals surface area contributed by atoms with Crippen molar-refractivity contribution in [3.8, 4) is 0 Å². The molecule has 0 spiro atoms. The molecule has 1 N–H and O–H groups in total. The van der Waals surface area contributed by atoms with Crippen LogP contribution in [0.2, 0.25) is 0 Å². The first-order valence-corrected chi connectivity index (χ1v) is 6.11. The molecule has 1 aliphatic rings. The number of hydrogen-bond acceptors (Lipinski definition) is 1. The highest BCUT2D eigenvalue weighted by Gasteiger charge is 2.25. The summed E-state index contributed by atoms with van der Waals surface area (Å²) in [5.41, 5.74) is 3.20. The minimum atomic E-state index is -0.790. The summed E-state index contributed by atoms with van der Waals surface area (Å²) in [5, 5.41) is 3.28. The van der Waals surface area contributed by atoms with E-state index in [1.165, 1.54) is 5.56 Å². The second-order valence-electron chi connectivity index (χ2n) is 4.78. The highest BCUT2D eigenvalue weighted by Crippen LogP contribution is 2.34. The third kappa shape index (κ3) is 2.27. The van der Waals surface area contributed by atoms with Crippen molar-refractivity contribution in [1.82, 2.24) is 5.32 Å². The van der Waals surface area contributed by atoms with E-state index in [0.29, 0.717) is 0 Å². The molecule has 1 fully saturated rings. The van der Waals surface area contributed by atoms with Gasteiger partial charge in [0.15, 0.2) is 0 Å². The molecule has 1 aliphatic heterocycles. The van der Waals surface area contributed by atoms with Gasteiger partial charge in [0.1, 0.15) is 6.17 Å². The van der Waals surface area contributed by atoms with Gasteiger partial charge in [0.2, 0.25) is 0 Å². The smallest absolute Gasteiger partial charge is 0.128 e. The number of aryl methyl sites for hydroxylation is 1. The molecule has 2 heteroatoms. The van der Waals surface area contributed by atoms with Crippen LogP contribution in [0.5, 0.6) is 0 Å². The van der Waals surface area contributed by atoms with Crippen LogP contribution >= 0.6 is 0 Å². The van der Waals surface area contributed by atoms with Crippen LogP contribution in [0, 0.1) is 19.8 Å². The van der Waals surface area contributed by atoms with Crippen molar-refractivity contribution in [1.29, 1.82) is 0 Å². The van der Waals surface area contributed by atoms with Crippen LogP contribution in [0.25, 0.3) is 0 Å². The molecular formula is C14H20FN. The van der Waals surface area contributed by atoms with Gasteiger partial charge in [-0.1, -0.05) is 18.2 Å². The predicted molar refractivity (Wildman–Crippen MR) is 65.4 cm³/mol. The van der Waals surface area contributed by atoms with Crippen molar-refractivity contribution in [2.45, 2.75) is 32.9 Å². The molecule has 0 amide bonds. The molecule has 1 saturated heterocycles. The van der Waals surface area contributed by atoms with Crippen LogP contribution in [0.1, 0.15) is 35.7 Å². The molecule has 0 radical (unpaired) electrons. The summed E-state index contributed by atoms with van der Waals surface area (Å²) in [6, 6.07) is 5.95. The lowest BCUT2D eigenvalue weighted by Crippen LogP contribution is -2.30. The molecule has 16 heavy (non-hydrogen) atoms. The molecule has 1 aromatic rings. The molecule has 0 aliphatic carbocycles. The van der Waals surface area contributed by atoms with E-state index in [1.54, 1.807) is 0 Å². The van der Waals surface area contributed by atoms with Gasteiger partial charge >= 0.3 is 0 Å². The van der Waals surface area contributed by atoms with E-state index in [1.807, 2.05) is 32.0 Å². The first-order chi connectivity index (χ1) is 7.70. The number of nitrogens with one attached hydrogen (secondary N) is 1. The molecule has 0 saturated carbocycles. The molecule has 1 heterocycles. The zero-order valence-electron chi connectivity index (χ0n) is 10.1. The van der Waals surface area contributed by atoms with Crippen molar-refractivity contribution in [3.05, 3.63) is 34.9 Å². The molecule has 0 aromatic heterocycles. The lowest BCUT2D eigenvalue weighted by Gasteiger charge is -2.27. The minimum absolute atomic E-state index is 0.196. The summed E-state index contributed by atoms with van der Waals surface area (Å²) < 4.78 is 14.4. The highest BCUT2D eigenvalue weighted by atomic mass is 19.1. The Morgan fingerprint density at radius 3 is 2.62 bits per heavy atom. The fourth-order valence-corrected chi connectivity index (χ4v) is 2.46. The fourth-order valence-electron chi connectivity index (χ4n) is 2.46. The van der Waals surface area contributed by atoms with Gasteiger partial charge in [-0.15, -0.1) is 0 Å². The Labute approximate surface area is 97.1 Å². The zero-order chi connectivity index (χ0) is 11.5. The Morgan fingerprint density at radius 2 is 1.94 bits per heavy atom. The van der Waals surface area contributed by atoms with Gasteiger partial charge in [-0.25, -0.2) is 4.39 Å². The maximum atomic E-state index is 14.4. The van der Waals surface area contributed by atoms with Gasteiger partial charge in [0, 0.05) is 0 Å². The average molecular weight is 221 g/mol. The maximum Gasteiger partial charge on any atom is 0.128 e. The van der Waals surface area contributed by atoms with Gasteiger partial charge in [-0.3, -0.25) is 0 Å². The third-order valence-electron chi connectivity index (χ3n) is 3.74. The average Bonchev–Trinajstić information content (AvgIpc) is 2.33. The van der Waals surface area contributed by atoms with Crippen molar-refractivity contribution in [2.75, 3.05) is 13.1 Å². The number of benzene rings is 1. The molecule has 1 nitrogen and oxygen atoms in total. The Morgan fingerprint density at radius 1 is 1.25 bits per heavy atom. The quantitative estimate of drug-likeness (QED) is 0.808. The second-order valence-corrected chi connectivity index (χ2v) is 4.78. The molecule has 1 atom stereocenters. The lowest BCUT2D eigenvalue weighted by atomic mass is 9.86. The van der Waals surface area contributed by atoms with E-state index in [-0.39, 0.29) is 5.92 Å². The summed E-state index contributed by atoms with van der Waals surface area (Å²) in [6.45, 7) is 5.98. The van der Waals surface area contributed by atoms with Crippen LogP contribution in [-0.2, 0) is 0 Å². The largest absolute Gasteiger partial charge is 0.317 e. The summed E-state index contributed by atoms with van der Waals surface area (Å²) >= 11 is 0. The number of hydrogen-bond donors (Lipinski definition) is 1. The summed E-state index contributed by atoms with van der Waals surface area (Å²) in [7, 11) is 0. The van der Waals surface area contributed by atoms with Gasteiger partial charge < -0.3 is 5.32 Å². The van der Waals surface area contributed by atoms with Crippen molar-refractivity contribution in [3.63, 3.8) is 0 Å². The van der Waals surface area contributed by atoms with E-state index in [0.717, 1.165) is 37.1 Å². The van der Waals surface area contributed by atoms with E-state index in [9.17, 15) is 4.39 Å². The normalized spacial score (nSPS) is 19.7. The summed E-state index contributed by atoms with van der Waals surface area (Å²) in [6.07, 6.45) is 1.12. The van der Waals surface area contributed by atoms with Gasteiger partial charge in [-0.2, -0.15) is 0 Å². The Bertz CT molecular complexity index is 356. The fraction of sp³-hybridized carbons (Fsp3) is 0.571. The van der Waals surface area contributed by atoms with Crippen LogP contribution in [0.3, 0.4) is 0 Å². The van der Waals surface area contributed by atoms with E-state index in [2.05, 4.69) is 5.32 Å². The van der Waals surface area contributed by atoms with E-state index in [4.69, 9.17) is 0 Å². The molecular weight excluding hydrogens is 201 g/mol. The monoisotopic (exact) mass is 221 g/mol. The molecule has 88 valence electrons. The molecule has 1 aromatic carbocycles. The summed E-state index contributed by atoms with van der Waals surface area (Å²) in [5.74, 6) is 0.196. The highest BCUT2D eigenvalue weighted by molar-refractivity contribution is 5.35. The van der Waals surface area contributed by atoms with Crippen LogP contribution in [-0.4, -0.2) is 13.1 Å². The van der Waals surface area contributed by atoms with Crippen molar-refractivity contribution >= 4 is 0 Å². The Hall–Kier alpha value is -0.890. The molecule has 0 bridgehead atoms. The third-order valence-corrected chi connectivity index (χ3v) is 3.74. The summed E-state index contributed by atoms with van der Waals surface area (Å²) in [4.78, 5) is 0. The van der Waals surface area contributed by atoms with Crippen LogP contribution in [0.15, 0.2) is 18.2 Å². The second kappa shape index (κ2) is 4.96. The number of rotatable bonds is 2. The first-order valence-electron chi connectivity index (χ1n) is 6.11. The molecule has 1 unspecified atom stereocenters. The molecule has 2 rings (SSSR count).